The monoisotopic (exact) mass is 335 g/mol. The number of rotatable bonds is 3. The van der Waals surface area contributed by atoms with Gasteiger partial charge in [-0.25, -0.2) is 0 Å². The molecule has 0 saturated carbocycles. The van der Waals surface area contributed by atoms with Crippen LogP contribution >= 0.6 is 0 Å². The van der Waals surface area contributed by atoms with Crippen LogP contribution in [0.4, 0.5) is 5.82 Å². The average molecular weight is 335 g/mol. The number of hydrogen-bond donors (Lipinski definition) is 2. The van der Waals surface area contributed by atoms with E-state index in [0.717, 1.165) is 53.0 Å². The Balaban J connectivity index is 1.81. The van der Waals surface area contributed by atoms with E-state index in [1.165, 1.54) is 0 Å². The standard InChI is InChI=1S/C19H21N5O/c1-13-11-24(9-8-21-13)19-17-10-20-7-6-16(17)18(22-23-19)15-4-2-14(12-25)3-5-15/h2-7,10,13,21,25H,8-9,11-12H2,1H3. The Hall–Kier alpha value is -2.57. The lowest BCUT2D eigenvalue weighted by atomic mass is 10.0. The smallest absolute Gasteiger partial charge is 0.160 e. The maximum Gasteiger partial charge on any atom is 0.160 e. The summed E-state index contributed by atoms with van der Waals surface area (Å²) >= 11 is 0. The van der Waals surface area contributed by atoms with Gasteiger partial charge in [0.2, 0.25) is 0 Å². The minimum absolute atomic E-state index is 0.0384. The van der Waals surface area contributed by atoms with Gasteiger partial charge in [-0.3, -0.25) is 4.98 Å². The first-order valence-electron chi connectivity index (χ1n) is 8.55. The second-order valence-electron chi connectivity index (χ2n) is 6.45. The van der Waals surface area contributed by atoms with E-state index in [9.17, 15) is 5.11 Å². The summed E-state index contributed by atoms with van der Waals surface area (Å²) in [6.07, 6.45) is 3.66. The Morgan fingerprint density at radius 2 is 2.00 bits per heavy atom. The summed E-state index contributed by atoms with van der Waals surface area (Å²) in [6.45, 7) is 4.97. The average Bonchev–Trinajstić information content (AvgIpc) is 2.67. The van der Waals surface area contributed by atoms with Crippen LogP contribution in [0, 0.1) is 0 Å². The number of aliphatic hydroxyl groups excluding tert-OH is 1. The molecule has 3 heterocycles. The zero-order valence-electron chi connectivity index (χ0n) is 14.2. The van der Waals surface area contributed by atoms with E-state index in [-0.39, 0.29) is 6.61 Å². The molecule has 128 valence electrons. The van der Waals surface area contributed by atoms with Gasteiger partial charge in [-0.2, -0.15) is 0 Å². The first-order chi connectivity index (χ1) is 12.3. The number of pyridine rings is 1. The van der Waals surface area contributed by atoms with Crippen LogP contribution in [0.5, 0.6) is 0 Å². The summed E-state index contributed by atoms with van der Waals surface area (Å²) < 4.78 is 0. The predicted molar refractivity (Wildman–Crippen MR) is 98.4 cm³/mol. The van der Waals surface area contributed by atoms with Crippen molar-refractivity contribution in [3.8, 4) is 11.3 Å². The first kappa shape index (κ1) is 15.9. The molecule has 3 aromatic rings. The van der Waals surface area contributed by atoms with Crippen molar-refractivity contribution in [1.82, 2.24) is 20.5 Å². The molecule has 6 nitrogen and oxygen atoms in total. The molecule has 0 radical (unpaired) electrons. The topological polar surface area (TPSA) is 74.2 Å². The summed E-state index contributed by atoms with van der Waals surface area (Å²) in [5.74, 6) is 0.896. The summed E-state index contributed by atoms with van der Waals surface area (Å²) in [5.41, 5.74) is 2.71. The molecule has 1 saturated heterocycles. The molecule has 25 heavy (non-hydrogen) atoms. The van der Waals surface area contributed by atoms with Crippen LogP contribution < -0.4 is 10.2 Å². The molecule has 0 aliphatic carbocycles. The largest absolute Gasteiger partial charge is 0.392 e. The van der Waals surface area contributed by atoms with Crippen LogP contribution in [0.1, 0.15) is 12.5 Å². The van der Waals surface area contributed by atoms with E-state index in [1.54, 1.807) is 6.20 Å². The van der Waals surface area contributed by atoms with E-state index in [1.807, 2.05) is 36.5 Å². The molecule has 1 unspecified atom stereocenters. The van der Waals surface area contributed by atoms with Gasteiger partial charge >= 0.3 is 0 Å². The van der Waals surface area contributed by atoms with Crippen molar-refractivity contribution in [3.05, 3.63) is 48.3 Å². The quantitative estimate of drug-likeness (QED) is 0.762. The van der Waals surface area contributed by atoms with Gasteiger partial charge in [-0.1, -0.05) is 24.3 Å². The minimum atomic E-state index is 0.0384. The summed E-state index contributed by atoms with van der Waals surface area (Å²) in [4.78, 5) is 6.58. The fraction of sp³-hybridized carbons (Fsp3) is 0.316. The van der Waals surface area contributed by atoms with Gasteiger partial charge in [0.15, 0.2) is 5.82 Å². The minimum Gasteiger partial charge on any atom is -0.392 e. The van der Waals surface area contributed by atoms with Crippen molar-refractivity contribution in [2.75, 3.05) is 24.5 Å². The maximum absolute atomic E-state index is 9.23. The zero-order valence-corrected chi connectivity index (χ0v) is 14.2. The van der Waals surface area contributed by atoms with Gasteiger partial charge in [0, 0.05) is 54.4 Å². The lowest BCUT2D eigenvalue weighted by Crippen LogP contribution is -2.49. The highest BCUT2D eigenvalue weighted by atomic mass is 16.3. The molecule has 1 aliphatic heterocycles. The number of piperazine rings is 1. The first-order valence-corrected chi connectivity index (χ1v) is 8.55. The normalized spacial score (nSPS) is 17.8. The third kappa shape index (κ3) is 3.06. The van der Waals surface area contributed by atoms with Gasteiger partial charge < -0.3 is 15.3 Å². The molecule has 1 aromatic carbocycles. The van der Waals surface area contributed by atoms with Crippen LogP contribution in [0.15, 0.2) is 42.7 Å². The van der Waals surface area contributed by atoms with E-state index in [0.29, 0.717) is 6.04 Å². The third-order valence-corrected chi connectivity index (χ3v) is 4.64. The third-order valence-electron chi connectivity index (χ3n) is 4.64. The lowest BCUT2D eigenvalue weighted by Gasteiger charge is -2.33. The van der Waals surface area contributed by atoms with Crippen LogP contribution in [0.25, 0.3) is 22.0 Å². The number of benzene rings is 1. The Kier molecular flexibility index (Phi) is 4.29. The fourth-order valence-corrected chi connectivity index (χ4v) is 3.32. The number of fused-ring (bicyclic) bond motifs is 1. The molecule has 1 aliphatic rings. The van der Waals surface area contributed by atoms with Crippen LogP contribution in [-0.4, -0.2) is 46.0 Å². The zero-order chi connectivity index (χ0) is 17.2. The van der Waals surface area contributed by atoms with E-state index in [4.69, 9.17) is 0 Å². The van der Waals surface area contributed by atoms with Crippen molar-refractivity contribution in [1.29, 1.82) is 0 Å². The molecule has 4 rings (SSSR count). The second kappa shape index (κ2) is 6.74. The molecule has 1 fully saturated rings. The summed E-state index contributed by atoms with van der Waals surface area (Å²) in [6, 6.07) is 10.2. The maximum atomic E-state index is 9.23. The van der Waals surface area contributed by atoms with Crippen molar-refractivity contribution >= 4 is 16.6 Å². The molecule has 0 amide bonds. The van der Waals surface area contributed by atoms with Crippen molar-refractivity contribution < 1.29 is 5.11 Å². The highest BCUT2D eigenvalue weighted by molar-refractivity contribution is 5.99. The molecule has 0 bridgehead atoms. The molecule has 1 atom stereocenters. The molecular weight excluding hydrogens is 314 g/mol. The van der Waals surface area contributed by atoms with Gasteiger partial charge in [0.1, 0.15) is 5.69 Å². The Bertz CT molecular complexity index is 881. The van der Waals surface area contributed by atoms with E-state index >= 15 is 0 Å². The summed E-state index contributed by atoms with van der Waals surface area (Å²) in [5, 5.41) is 23.8. The number of nitrogens with zero attached hydrogens (tertiary/aromatic N) is 4. The van der Waals surface area contributed by atoms with E-state index in [2.05, 4.69) is 32.3 Å². The molecular formula is C19H21N5O. The Morgan fingerprint density at radius 1 is 1.16 bits per heavy atom. The van der Waals surface area contributed by atoms with Gasteiger partial charge in [0.05, 0.1) is 6.61 Å². The number of hydrogen-bond acceptors (Lipinski definition) is 6. The number of nitrogens with one attached hydrogen (secondary N) is 1. The fourth-order valence-electron chi connectivity index (χ4n) is 3.32. The predicted octanol–water partition coefficient (Wildman–Crippen LogP) is 1.98. The Morgan fingerprint density at radius 3 is 2.76 bits per heavy atom. The van der Waals surface area contributed by atoms with Crippen molar-refractivity contribution in [3.63, 3.8) is 0 Å². The van der Waals surface area contributed by atoms with Crippen molar-refractivity contribution in [2.24, 2.45) is 0 Å². The van der Waals surface area contributed by atoms with E-state index < -0.39 is 0 Å². The number of aromatic nitrogens is 3. The molecule has 6 heteroatoms. The van der Waals surface area contributed by atoms with Crippen molar-refractivity contribution in [2.45, 2.75) is 19.6 Å². The highest BCUT2D eigenvalue weighted by Crippen LogP contribution is 2.31. The molecule has 0 spiro atoms. The Labute approximate surface area is 146 Å². The van der Waals surface area contributed by atoms with Gasteiger partial charge in [0.25, 0.3) is 0 Å². The highest BCUT2D eigenvalue weighted by Gasteiger charge is 2.21. The molecule has 2 N–H and O–H groups in total. The van der Waals surface area contributed by atoms with Gasteiger partial charge in [-0.05, 0) is 18.6 Å². The van der Waals surface area contributed by atoms with Crippen LogP contribution in [-0.2, 0) is 6.61 Å². The second-order valence-corrected chi connectivity index (χ2v) is 6.45. The summed E-state index contributed by atoms with van der Waals surface area (Å²) in [7, 11) is 0. The van der Waals surface area contributed by atoms with Crippen LogP contribution in [0.3, 0.4) is 0 Å². The van der Waals surface area contributed by atoms with Crippen LogP contribution in [0.2, 0.25) is 0 Å². The SMILES string of the molecule is CC1CN(c2nnc(-c3ccc(CO)cc3)c3ccncc23)CCN1. The number of aliphatic hydroxyl groups is 1. The number of anilines is 1. The lowest BCUT2D eigenvalue weighted by molar-refractivity contribution is 0.282. The molecule has 2 aromatic heterocycles. The van der Waals surface area contributed by atoms with Gasteiger partial charge in [-0.15, -0.1) is 10.2 Å².